The number of anilines is 3. The molecule has 1 aliphatic rings. The number of hydrogen-bond acceptors (Lipinski definition) is 7. The molecule has 1 aliphatic heterocycles. The maximum Gasteiger partial charge on any atom is 0.269 e. The first kappa shape index (κ1) is 20.9. The van der Waals surface area contributed by atoms with Crippen LogP contribution in [0.15, 0.2) is 48.8 Å². The molecule has 5 heterocycles. The van der Waals surface area contributed by atoms with Crippen LogP contribution >= 0.6 is 0 Å². The van der Waals surface area contributed by atoms with Crippen LogP contribution in [-0.2, 0) is 0 Å². The monoisotopic (exact) mass is 445 g/mol. The second-order valence-corrected chi connectivity index (χ2v) is 8.26. The molecule has 33 heavy (non-hydrogen) atoms. The third kappa shape index (κ3) is 4.23. The number of fused-ring (bicyclic) bond motifs is 1. The number of hydrogen-bond donors (Lipinski definition) is 3. The molecule has 1 fully saturated rings. The number of pyridine rings is 1. The first-order valence-corrected chi connectivity index (χ1v) is 11.3. The van der Waals surface area contributed by atoms with E-state index in [0.717, 1.165) is 37.1 Å². The van der Waals surface area contributed by atoms with Crippen molar-refractivity contribution in [2.45, 2.75) is 45.2 Å². The van der Waals surface area contributed by atoms with Crippen LogP contribution in [0.3, 0.4) is 0 Å². The quantitative estimate of drug-likeness (QED) is 0.399. The molecule has 0 saturated carbocycles. The van der Waals surface area contributed by atoms with Crippen LogP contribution in [0.4, 0.5) is 17.7 Å². The van der Waals surface area contributed by atoms with Gasteiger partial charge in [0.15, 0.2) is 5.82 Å². The zero-order valence-electron chi connectivity index (χ0n) is 18.7. The Morgan fingerprint density at radius 1 is 1.27 bits per heavy atom. The highest BCUT2D eigenvalue weighted by Gasteiger charge is 2.29. The Morgan fingerprint density at radius 2 is 2.18 bits per heavy atom. The lowest BCUT2D eigenvalue weighted by atomic mass is 10.1. The van der Waals surface area contributed by atoms with E-state index in [2.05, 4.69) is 30.7 Å². The van der Waals surface area contributed by atoms with Gasteiger partial charge < -0.3 is 15.5 Å². The summed E-state index contributed by atoms with van der Waals surface area (Å²) in [7, 11) is 0. The third-order valence-electron chi connectivity index (χ3n) is 5.97. The van der Waals surface area contributed by atoms with E-state index in [-0.39, 0.29) is 18.0 Å². The SMILES string of the molecule is CCC(C)NC(=O)c1cc(Nc2nc(N3CCCC3c3ccccn3)nc3cccn23)n[nH]1. The summed E-state index contributed by atoms with van der Waals surface area (Å²) in [5, 5.41) is 13.2. The zero-order valence-corrected chi connectivity index (χ0v) is 18.7. The van der Waals surface area contributed by atoms with Crippen LogP contribution in [0, 0.1) is 0 Å². The molecule has 10 nitrogen and oxygen atoms in total. The summed E-state index contributed by atoms with van der Waals surface area (Å²) in [4.78, 5) is 28.8. The first-order valence-electron chi connectivity index (χ1n) is 11.3. The van der Waals surface area contributed by atoms with E-state index in [1.807, 2.05) is 61.0 Å². The number of carbonyl (C=O) groups excluding carboxylic acids is 1. The summed E-state index contributed by atoms with van der Waals surface area (Å²) in [6.07, 6.45) is 6.63. The van der Waals surface area contributed by atoms with Crippen LogP contribution in [0.5, 0.6) is 0 Å². The molecule has 0 aliphatic carbocycles. The van der Waals surface area contributed by atoms with Crippen molar-refractivity contribution in [3.63, 3.8) is 0 Å². The smallest absolute Gasteiger partial charge is 0.269 e. The number of amides is 1. The molecule has 0 bridgehead atoms. The van der Waals surface area contributed by atoms with E-state index in [1.54, 1.807) is 6.07 Å². The number of nitrogens with zero attached hydrogens (tertiary/aromatic N) is 6. The molecule has 0 spiro atoms. The standard InChI is InChI=1S/C23H27N9O/c1-3-15(2)25-21(33)17-14-19(30-29-17)26-22-28-23(27-20-10-7-13-32(20)22)31-12-6-9-18(31)16-8-4-5-11-24-16/h4-5,7-8,10-11,13-15,18H,3,6,9,12H2,1-2H3,(H,25,33)(H2,26,27,28,29,30). The molecule has 10 heteroatoms. The number of nitrogens with one attached hydrogen (secondary N) is 3. The third-order valence-corrected chi connectivity index (χ3v) is 5.97. The summed E-state index contributed by atoms with van der Waals surface area (Å²) in [5.41, 5.74) is 2.19. The summed E-state index contributed by atoms with van der Waals surface area (Å²) in [5.74, 6) is 1.54. The second-order valence-electron chi connectivity index (χ2n) is 8.26. The minimum atomic E-state index is -0.186. The fourth-order valence-corrected chi connectivity index (χ4v) is 4.04. The largest absolute Gasteiger partial charge is 0.348 e. The second kappa shape index (κ2) is 8.89. The summed E-state index contributed by atoms with van der Waals surface area (Å²) in [6, 6.07) is 11.8. The molecule has 3 N–H and O–H groups in total. The molecule has 2 atom stereocenters. The Kier molecular flexibility index (Phi) is 5.64. The zero-order chi connectivity index (χ0) is 22.8. The number of carbonyl (C=O) groups is 1. The molecule has 4 aromatic heterocycles. The van der Waals surface area contributed by atoms with Crippen molar-refractivity contribution in [1.82, 2.24) is 34.9 Å². The number of aromatic amines is 1. The number of rotatable bonds is 7. The van der Waals surface area contributed by atoms with Crippen LogP contribution in [-0.4, -0.2) is 48.0 Å². The molecule has 1 saturated heterocycles. The molecule has 0 radical (unpaired) electrons. The van der Waals surface area contributed by atoms with E-state index in [4.69, 9.17) is 9.97 Å². The van der Waals surface area contributed by atoms with Gasteiger partial charge in [-0.3, -0.25) is 19.3 Å². The van der Waals surface area contributed by atoms with Gasteiger partial charge in [-0.2, -0.15) is 15.1 Å². The maximum atomic E-state index is 12.4. The first-order chi connectivity index (χ1) is 16.1. The minimum absolute atomic E-state index is 0.0913. The van der Waals surface area contributed by atoms with Crippen LogP contribution in [0.2, 0.25) is 0 Å². The Balaban J connectivity index is 1.43. The summed E-state index contributed by atoms with van der Waals surface area (Å²) < 4.78 is 1.86. The fourth-order valence-electron chi connectivity index (χ4n) is 4.04. The molecule has 0 aromatic carbocycles. The Morgan fingerprint density at radius 3 is 3.00 bits per heavy atom. The molecular weight excluding hydrogens is 418 g/mol. The van der Waals surface area contributed by atoms with Gasteiger partial charge in [0, 0.05) is 31.0 Å². The van der Waals surface area contributed by atoms with Gasteiger partial charge in [0.05, 0.1) is 11.7 Å². The van der Waals surface area contributed by atoms with E-state index in [1.165, 1.54) is 0 Å². The van der Waals surface area contributed by atoms with Gasteiger partial charge in [-0.25, -0.2) is 0 Å². The minimum Gasteiger partial charge on any atom is -0.348 e. The lowest BCUT2D eigenvalue weighted by Gasteiger charge is -2.24. The molecule has 170 valence electrons. The summed E-state index contributed by atoms with van der Waals surface area (Å²) >= 11 is 0. The molecule has 5 rings (SSSR count). The van der Waals surface area contributed by atoms with Crippen LogP contribution < -0.4 is 15.5 Å². The number of aromatic nitrogens is 6. The van der Waals surface area contributed by atoms with Crippen molar-refractivity contribution in [3.05, 3.63) is 60.2 Å². The highest BCUT2D eigenvalue weighted by atomic mass is 16.2. The number of H-pyrrole nitrogens is 1. The topological polar surface area (TPSA) is 116 Å². The predicted octanol–water partition coefficient (Wildman–Crippen LogP) is 3.46. The van der Waals surface area contributed by atoms with Crippen LogP contribution in [0.1, 0.15) is 55.3 Å². The van der Waals surface area contributed by atoms with Gasteiger partial charge in [0.1, 0.15) is 11.3 Å². The van der Waals surface area contributed by atoms with Crippen molar-refractivity contribution < 1.29 is 4.79 Å². The average Bonchev–Trinajstić information content (AvgIpc) is 3.59. The van der Waals surface area contributed by atoms with E-state index in [0.29, 0.717) is 23.4 Å². The van der Waals surface area contributed by atoms with Gasteiger partial charge in [0.2, 0.25) is 11.9 Å². The molecule has 1 amide bonds. The van der Waals surface area contributed by atoms with Gasteiger partial charge in [-0.1, -0.05) is 13.0 Å². The van der Waals surface area contributed by atoms with Gasteiger partial charge in [0.25, 0.3) is 5.91 Å². The lowest BCUT2D eigenvalue weighted by Crippen LogP contribution is -2.32. The van der Waals surface area contributed by atoms with Crippen molar-refractivity contribution in [2.24, 2.45) is 0 Å². The van der Waals surface area contributed by atoms with Crippen molar-refractivity contribution in [3.8, 4) is 0 Å². The molecular formula is C23H27N9O. The van der Waals surface area contributed by atoms with E-state index in [9.17, 15) is 4.79 Å². The Hall–Kier alpha value is -3.95. The van der Waals surface area contributed by atoms with Crippen LogP contribution in [0.25, 0.3) is 5.65 Å². The fraction of sp³-hybridized carbons (Fsp3) is 0.348. The Bertz CT molecular complexity index is 1250. The molecule has 2 unspecified atom stereocenters. The molecule has 4 aromatic rings. The van der Waals surface area contributed by atoms with E-state index >= 15 is 0 Å². The normalized spacial score (nSPS) is 16.8. The van der Waals surface area contributed by atoms with Gasteiger partial charge in [-0.05, 0) is 50.5 Å². The van der Waals surface area contributed by atoms with Crippen molar-refractivity contribution in [2.75, 3.05) is 16.8 Å². The lowest BCUT2D eigenvalue weighted by molar-refractivity contribution is 0.0934. The average molecular weight is 446 g/mol. The van der Waals surface area contributed by atoms with Gasteiger partial charge >= 0.3 is 0 Å². The predicted molar refractivity (Wildman–Crippen MR) is 126 cm³/mol. The highest BCUT2D eigenvalue weighted by molar-refractivity contribution is 5.93. The Labute approximate surface area is 191 Å². The van der Waals surface area contributed by atoms with Gasteiger partial charge in [-0.15, -0.1) is 0 Å². The van der Waals surface area contributed by atoms with Crippen molar-refractivity contribution >= 4 is 29.3 Å². The van der Waals surface area contributed by atoms with E-state index < -0.39 is 0 Å². The maximum absolute atomic E-state index is 12.4. The summed E-state index contributed by atoms with van der Waals surface area (Å²) in [6.45, 7) is 4.85. The van der Waals surface area contributed by atoms with Crippen molar-refractivity contribution in [1.29, 1.82) is 0 Å². The highest BCUT2D eigenvalue weighted by Crippen LogP contribution is 2.34.